The summed E-state index contributed by atoms with van der Waals surface area (Å²) in [5, 5.41) is 1.71. The van der Waals surface area contributed by atoms with Crippen molar-refractivity contribution >= 4 is 16.8 Å². The van der Waals surface area contributed by atoms with Crippen molar-refractivity contribution in [3.05, 3.63) is 143 Å². The van der Waals surface area contributed by atoms with Crippen LogP contribution in [-0.2, 0) is 26.7 Å². The van der Waals surface area contributed by atoms with Crippen LogP contribution in [0.25, 0.3) is 39.1 Å². The second kappa shape index (κ2) is 15.7. The van der Waals surface area contributed by atoms with E-state index in [0.717, 1.165) is 67.4 Å². The lowest BCUT2D eigenvalue weighted by molar-refractivity contribution is -0.137. The Bertz CT molecular complexity index is 2470. The Morgan fingerprint density at radius 2 is 1.14 bits per heavy atom. The molecule has 0 unspecified atom stereocenters. The molecular formula is C49H45F3O7. The highest BCUT2D eigenvalue weighted by molar-refractivity contribution is 6.10. The molecule has 0 aromatic heterocycles. The molecule has 1 aliphatic heterocycles. The largest absolute Gasteiger partial charge is 0.497 e. The van der Waals surface area contributed by atoms with E-state index in [4.69, 9.17) is 33.2 Å². The van der Waals surface area contributed by atoms with E-state index in [1.54, 1.807) is 42.7 Å². The van der Waals surface area contributed by atoms with Crippen molar-refractivity contribution in [2.75, 3.05) is 55.9 Å². The summed E-state index contributed by atoms with van der Waals surface area (Å²) in [4.78, 5) is 0. The van der Waals surface area contributed by atoms with Crippen LogP contribution in [0.4, 0.5) is 13.2 Å². The van der Waals surface area contributed by atoms with Gasteiger partial charge in [-0.05, 0) is 112 Å². The van der Waals surface area contributed by atoms with Crippen LogP contribution in [0.15, 0.2) is 109 Å². The van der Waals surface area contributed by atoms with E-state index in [1.807, 2.05) is 66.7 Å². The van der Waals surface area contributed by atoms with E-state index in [0.29, 0.717) is 60.4 Å². The van der Waals surface area contributed by atoms with Gasteiger partial charge >= 0.3 is 6.18 Å². The van der Waals surface area contributed by atoms with Gasteiger partial charge in [0.05, 0.1) is 34.0 Å². The predicted octanol–water partition coefficient (Wildman–Crippen LogP) is 11.2. The Morgan fingerprint density at radius 1 is 0.593 bits per heavy atom. The van der Waals surface area contributed by atoms with Gasteiger partial charge in [-0.25, -0.2) is 0 Å². The van der Waals surface area contributed by atoms with Crippen LogP contribution >= 0.6 is 0 Å². The fourth-order valence-electron chi connectivity index (χ4n) is 8.92. The van der Waals surface area contributed by atoms with E-state index in [2.05, 4.69) is 24.3 Å². The lowest BCUT2D eigenvalue weighted by atomic mass is 9.70. The molecule has 1 heterocycles. The van der Waals surface area contributed by atoms with E-state index < -0.39 is 22.8 Å². The molecule has 7 nitrogen and oxygen atoms in total. The third-order valence-electron chi connectivity index (χ3n) is 11.9. The molecule has 0 saturated carbocycles. The summed E-state index contributed by atoms with van der Waals surface area (Å²) in [6, 6.07) is 31.2. The van der Waals surface area contributed by atoms with Gasteiger partial charge in [0.2, 0.25) is 0 Å². The molecule has 8 rings (SSSR count). The molecule has 0 radical (unpaired) electrons. The molecule has 304 valence electrons. The van der Waals surface area contributed by atoms with Gasteiger partial charge in [-0.1, -0.05) is 54.6 Å². The smallest absolute Gasteiger partial charge is 0.416 e. The number of alkyl halides is 3. The normalized spacial score (nSPS) is 14.6. The van der Waals surface area contributed by atoms with E-state index in [-0.39, 0.29) is 0 Å². The summed E-state index contributed by atoms with van der Waals surface area (Å²) in [7, 11) is 9.88. The minimum absolute atomic E-state index is 0.429. The van der Waals surface area contributed by atoms with Crippen molar-refractivity contribution in [2.24, 2.45) is 0 Å². The Morgan fingerprint density at radius 3 is 1.64 bits per heavy atom. The standard InChI is InChI=1S/C49H45F3O7/c1-53-25-23-47(24-26-54-2)41-27-31(30-7-10-34(11-8-30)49(50,51)52)9-20-37(41)44-39-28-42(57-5)43(58-6)29-40(39)46-38(45(44)47)21-22-48(59-46,32-12-16-35(55-3)17-13-32)33-14-18-36(56-4)19-15-33/h7-22,27-29H,23-26H2,1-6H3. The topological polar surface area (TPSA) is 64.6 Å². The lowest BCUT2D eigenvalue weighted by Gasteiger charge is -2.40. The summed E-state index contributed by atoms with van der Waals surface area (Å²) in [6.45, 7) is 0.857. The van der Waals surface area contributed by atoms with Crippen molar-refractivity contribution in [1.29, 1.82) is 0 Å². The Labute approximate surface area is 341 Å². The van der Waals surface area contributed by atoms with Crippen LogP contribution in [0.2, 0.25) is 0 Å². The Balaban J connectivity index is 1.45. The van der Waals surface area contributed by atoms with Gasteiger partial charge in [-0.3, -0.25) is 0 Å². The summed E-state index contributed by atoms with van der Waals surface area (Å²) < 4.78 is 82.9. The maximum atomic E-state index is 13.6. The van der Waals surface area contributed by atoms with Crippen LogP contribution < -0.4 is 23.7 Å². The molecule has 10 heteroatoms. The average Bonchev–Trinajstić information content (AvgIpc) is 3.56. The first-order chi connectivity index (χ1) is 28.5. The van der Waals surface area contributed by atoms with Crippen LogP contribution in [-0.4, -0.2) is 55.9 Å². The lowest BCUT2D eigenvalue weighted by Crippen LogP contribution is -2.36. The number of hydrogen-bond acceptors (Lipinski definition) is 7. The minimum atomic E-state index is -4.44. The zero-order valence-corrected chi connectivity index (χ0v) is 33.8. The first kappa shape index (κ1) is 39.8. The fraction of sp³-hybridized carbons (Fsp3) is 0.265. The summed E-state index contributed by atoms with van der Waals surface area (Å²) in [5.41, 5.74) is 5.78. The van der Waals surface area contributed by atoms with Gasteiger partial charge in [-0.2, -0.15) is 13.2 Å². The monoisotopic (exact) mass is 802 g/mol. The first-order valence-corrected chi connectivity index (χ1v) is 19.3. The van der Waals surface area contributed by atoms with Crippen LogP contribution in [0.5, 0.6) is 28.7 Å². The highest BCUT2D eigenvalue weighted by atomic mass is 19.4. The molecule has 0 saturated heterocycles. The van der Waals surface area contributed by atoms with Gasteiger partial charge in [0.25, 0.3) is 0 Å². The molecule has 6 aromatic rings. The number of benzene rings is 6. The van der Waals surface area contributed by atoms with Crippen LogP contribution in [0.1, 0.15) is 46.2 Å². The van der Waals surface area contributed by atoms with E-state index >= 15 is 0 Å². The fourth-order valence-corrected chi connectivity index (χ4v) is 8.92. The summed E-state index contributed by atoms with van der Waals surface area (Å²) >= 11 is 0. The van der Waals surface area contributed by atoms with Crippen molar-refractivity contribution in [1.82, 2.24) is 0 Å². The SMILES string of the molecule is COCCC1(CCOC)c2cc(-c3ccc(C(F)(F)F)cc3)ccc2-c2c1c1c(c3cc(OC)c(OC)cc23)OC(c2ccc(OC)cc2)(c2ccc(OC)cc2)C=C1. The van der Waals surface area contributed by atoms with E-state index in [9.17, 15) is 13.2 Å². The highest BCUT2D eigenvalue weighted by Gasteiger charge is 2.48. The van der Waals surface area contributed by atoms with Crippen LogP contribution in [0.3, 0.4) is 0 Å². The molecule has 0 spiro atoms. The molecule has 1 aliphatic carbocycles. The zero-order chi connectivity index (χ0) is 41.5. The maximum Gasteiger partial charge on any atom is 0.416 e. The Kier molecular flexibility index (Phi) is 10.6. The van der Waals surface area contributed by atoms with Gasteiger partial charge in [0.15, 0.2) is 17.1 Å². The van der Waals surface area contributed by atoms with Gasteiger partial charge in [0, 0.05) is 54.9 Å². The Hall–Kier alpha value is -5.97. The van der Waals surface area contributed by atoms with Gasteiger partial charge in [-0.15, -0.1) is 0 Å². The predicted molar refractivity (Wildman–Crippen MR) is 223 cm³/mol. The molecule has 0 atom stereocenters. The number of halogens is 3. The second-order valence-electron chi connectivity index (χ2n) is 14.8. The molecule has 0 fully saturated rings. The molecule has 2 aliphatic rings. The highest BCUT2D eigenvalue weighted by Crippen LogP contribution is 2.62. The third-order valence-corrected chi connectivity index (χ3v) is 11.9. The third kappa shape index (κ3) is 6.64. The second-order valence-corrected chi connectivity index (χ2v) is 14.8. The van der Waals surface area contributed by atoms with Crippen molar-refractivity contribution in [3.8, 4) is 51.0 Å². The molecule has 0 bridgehead atoms. The van der Waals surface area contributed by atoms with Crippen LogP contribution in [0, 0.1) is 0 Å². The minimum Gasteiger partial charge on any atom is -0.497 e. The number of fused-ring (bicyclic) bond motifs is 8. The van der Waals surface area contributed by atoms with Crippen molar-refractivity contribution in [2.45, 2.75) is 30.0 Å². The molecule has 0 amide bonds. The molecule has 6 aromatic carbocycles. The molecule has 0 N–H and O–H groups in total. The zero-order valence-electron chi connectivity index (χ0n) is 33.8. The van der Waals surface area contributed by atoms with Crippen molar-refractivity contribution < 1.29 is 46.3 Å². The summed E-state index contributed by atoms with van der Waals surface area (Å²) in [6.07, 6.45) is 1.01. The van der Waals surface area contributed by atoms with E-state index in [1.165, 1.54) is 12.1 Å². The number of methoxy groups -OCH3 is 6. The first-order valence-electron chi connectivity index (χ1n) is 19.3. The summed E-state index contributed by atoms with van der Waals surface area (Å²) in [5.74, 6) is 3.19. The molecule has 59 heavy (non-hydrogen) atoms. The van der Waals surface area contributed by atoms with Crippen molar-refractivity contribution in [3.63, 3.8) is 0 Å². The average molecular weight is 803 g/mol. The molecular weight excluding hydrogens is 758 g/mol. The quantitative estimate of drug-likeness (QED) is 0.115. The number of hydrogen-bond donors (Lipinski definition) is 0. The maximum absolute atomic E-state index is 13.6. The number of rotatable bonds is 13. The number of ether oxygens (including phenoxy) is 7. The van der Waals surface area contributed by atoms with Gasteiger partial charge in [0.1, 0.15) is 17.2 Å². The van der Waals surface area contributed by atoms with Gasteiger partial charge < -0.3 is 33.2 Å².